The zero-order chi connectivity index (χ0) is 11.5. The molecule has 7 heteroatoms. The lowest BCUT2D eigenvalue weighted by molar-refractivity contribution is 0.774. The zero-order valence-electron chi connectivity index (χ0n) is 8.48. The van der Waals surface area contributed by atoms with Gasteiger partial charge in [0.2, 0.25) is 0 Å². The predicted molar refractivity (Wildman–Crippen MR) is 71.1 cm³/mol. The van der Waals surface area contributed by atoms with Gasteiger partial charge < -0.3 is 0 Å². The molecule has 0 aliphatic heterocycles. The Bertz CT molecular complexity index is 550. The van der Waals surface area contributed by atoms with E-state index < -0.39 is 0 Å². The molecule has 1 heterocycles. The van der Waals surface area contributed by atoms with Gasteiger partial charge in [-0.15, -0.1) is 11.8 Å². The third-order valence-electron chi connectivity index (χ3n) is 1.94. The summed E-state index contributed by atoms with van der Waals surface area (Å²) in [6.45, 7) is 2.09. The third-order valence-corrected chi connectivity index (χ3v) is 4.38. The lowest BCUT2D eigenvalue weighted by Gasteiger charge is -2.06. The van der Waals surface area contributed by atoms with E-state index in [9.17, 15) is 4.79 Å². The lowest BCUT2D eigenvalue weighted by atomic mass is 10.3. The second-order valence-electron chi connectivity index (χ2n) is 2.94. The van der Waals surface area contributed by atoms with E-state index in [1.165, 1.54) is 4.68 Å². The van der Waals surface area contributed by atoms with E-state index in [0.717, 1.165) is 19.9 Å². The number of thioether (sulfide) groups is 1. The Morgan fingerprint density at radius 1 is 1.56 bits per heavy atom. The number of nitrogens with one attached hydrogen (secondary N) is 1. The summed E-state index contributed by atoms with van der Waals surface area (Å²) in [5.41, 5.74) is 0.439. The van der Waals surface area contributed by atoms with Crippen LogP contribution in [-0.2, 0) is 0 Å². The molecule has 1 aromatic heterocycles. The number of hydrogen-bond acceptors (Lipinski definition) is 4. The van der Waals surface area contributed by atoms with Crippen molar-refractivity contribution in [3.63, 3.8) is 0 Å². The van der Waals surface area contributed by atoms with Crippen LogP contribution in [-0.4, -0.2) is 26.0 Å². The summed E-state index contributed by atoms with van der Waals surface area (Å²) < 4.78 is 2.28. The Balaban J connectivity index is 2.54. The van der Waals surface area contributed by atoms with E-state index in [1.807, 2.05) is 18.2 Å². The van der Waals surface area contributed by atoms with Gasteiger partial charge in [0.15, 0.2) is 0 Å². The fourth-order valence-corrected chi connectivity index (χ4v) is 3.06. The van der Waals surface area contributed by atoms with Crippen molar-refractivity contribution in [2.45, 2.75) is 11.8 Å². The van der Waals surface area contributed by atoms with Gasteiger partial charge in [0, 0.05) is 4.90 Å². The minimum atomic E-state index is -0.323. The topological polar surface area (TPSA) is 63.6 Å². The summed E-state index contributed by atoms with van der Waals surface area (Å²) in [5.74, 6) is 0.993. The molecule has 1 aromatic carbocycles. The third kappa shape index (κ3) is 2.14. The van der Waals surface area contributed by atoms with Crippen LogP contribution in [0, 0.1) is 3.57 Å². The number of benzene rings is 1. The van der Waals surface area contributed by atoms with Gasteiger partial charge in [-0.25, -0.2) is 9.89 Å². The molecule has 2 aromatic rings. The molecule has 0 aliphatic carbocycles. The summed E-state index contributed by atoms with van der Waals surface area (Å²) in [4.78, 5) is 12.6. The SMILES string of the molecule is CCSc1cccc(-n2nn[nH]c2=O)c1I. The molecule has 0 fully saturated rings. The van der Waals surface area contributed by atoms with Gasteiger partial charge >= 0.3 is 5.69 Å². The monoisotopic (exact) mass is 348 g/mol. The average Bonchev–Trinajstić information content (AvgIpc) is 2.68. The molecule has 84 valence electrons. The quantitative estimate of drug-likeness (QED) is 0.677. The maximum Gasteiger partial charge on any atom is 0.365 e. The number of H-pyrrole nitrogens is 1. The molecule has 0 saturated heterocycles. The number of nitrogens with zero attached hydrogens (tertiary/aromatic N) is 3. The van der Waals surface area contributed by atoms with E-state index in [4.69, 9.17) is 0 Å². The summed E-state index contributed by atoms with van der Waals surface area (Å²) >= 11 is 3.96. The largest absolute Gasteiger partial charge is 0.365 e. The second kappa shape index (κ2) is 5.00. The first-order valence-corrected chi connectivity index (χ1v) is 6.72. The van der Waals surface area contributed by atoms with Crippen LogP contribution >= 0.6 is 34.4 Å². The molecular formula is C9H9IN4OS. The molecule has 0 saturated carbocycles. The van der Waals surface area contributed by atoms with Crippen LogP contribution in [0.2, 0.25) is 0 Å². The molecule has 0 aliphatic rings. The molecule has 16 heavy (non-hydrogen) atoms. The Morgan fingerprint density at radius 2 is 2.38 bits per heavy atom. The first-order chi connectivity index (χ1) is 7.74. The molecule has 0 spiro atoms. The van der Waals surface area contributed by atoms with Gasteiger partial charge in [0.05, 0.1) is 9.26 Å². The first-order valence-electron chi connectivity index (χ1n) is 4.66. The van der Waals surface area contributed by atoms with Crippen molar-refractivity contribution in [1.29, 1.82) is 0 Å². The van der Waals surface area contributed by atoms with Crippen LogP contribution in [0.15, 0.2) is 27.9 Å². The van der Waals surface area contributed by atoms with Crippen LogP contribution in [0.25, 0.3) is 5.69 Å². The van der Waals surface area contributed by atoms with Crippen molar-refractivity contribution < 1.29 is 0 Å². The molecule has 0 radical (unpaired) electrons. The van der Waals surface area contributed by atoms with Gasteiger partial charge in [-0.1, -0.05) is 13.0 Å². The molecule has 0 bridgehead atoms. The second-order valence-corrected chi connectivity index (χ2v) is 5.33. The Morgan fingerprint density at radius 3 is 3.00 bits per heavy atom. The van der Waals surface area contributed by atoms with Crippen LogP contribution in [0.3, 0.4) is 0 Å². The normalized spacial score (nSPS) is 10.6. The smallest absolute Gasteiger partial charge is 0.244 e. The Labute approximate surface area is 110 Å². The van der Waals surface area contributed by atoms with E-state index in [-0.39, 0.29) is 5.69 Å². The average molecular weight is 348 g/mol. The maximum atomic E-state index is 11.4. The summed E-state index contributed by atoms with van der Waals surface area (Å²) in [6.07, 6.45) is 0. The van der Waals surface area contributed by atoms with E-state index in [0.29, 0.717) is 0 Å². The molecule has 0 amide bonds. The predicted octanol–water partition coefficient (Wildman–Crippen LogP) is 1.67. The molecule has 2 rings (SSSR count). The number of rotatable bonds is 3. The Hall–Kier alpha value is -0.830. The van der Waals surface area contributed by atoms with Crippen LogP contribution in [0.4, 0.5) is 0 Å². The van der Waals surface area contributed by atoms with Crippen LogP contribution in [0.5, 0.6) is 0 Å². The summed E-state index contributed by atoms with van der Waals surface area (Å²) in [7, 11) is 0. The number of hydrogen-bond donors (Lipinski definition) is 1. The van der Waals surface area contributed by atoms with Gasteiger partial charge in [-0.05, 0) is 50.9 Å². The highest BCUT2D eigenvalue weighted by atomic mass is 127. The van der Waals surface area contributed by atoms with Crippen molar-refractivity contribution in [3.8, 4) is 5.69 Å². The van der Waals surface area contributed by atoms with E-state index in [1.54, 1.807) is 11.8 Å². The number of halogens is 1. The van der Waals surface area contributed by atoms with Gasteiger partial charge in [0.25, 0.3) is 0 Å². The number of tetrazole rings is 1. The number of aromatic amines is 1. The number of aromatic nitrogens is 4. The molecule has 0 unspecified atom stereocenters. The van der Waals surface area contributed by atoms with E-state index in [2.05, 4.69) is 45.0 Å². The first kappa shape index (κ1) is 11.6. The molecule has 0 atom stereocenters. The fourth-order valence-electron chi connectivity index (χ4n) is 1.29. The highest BCUT2D eigenvalue weighted by Crippen LogP contribution is 2.27. The van der Waals surface area contributed by atoms with Crippen molar-refractivity contribution >= 4 is 34.4 Å². The molecular weight excluding hydrogens is 339 g/mol. The fraction of sp³-hybridized carbons (Fsp3) is 0.222. The van der Waals surface area contributed by atoms with Gasteiger partial charge in [-0.3, -0.25) is 0 Å². The summed E-state index contributed by atoms with van der Waals surface area (Å²) in [6, 6.07) is 5.80. The van der Waals surface area contributed by atoms with Gasteiger partial charge in [-0.2, -0.15) is 4.68 Å². The highest BCUT2D eigenvalue weighted by Gasteiger charge is 2.10. The van der Waals surface area contributed by atoms with E-state index >= 15 is 0 Å². The minimum absolute atomic E-state index is 0.323. The zero-order valence-corrected chi connectivity index (χ0v) is 11.4. The maximum absolute atomic E-state index is 11.4. The van der Waals surface area contributed by atoms with Crippen molar-refractivity contribution in [3.05, 3.63) is 32.3 Å². The Kier molecular flexibility index (Phi) is 3.64. The van der Waals surface area contributed by atoms with Crippen molar-refractivity contribution in [2.75, 3.05) is 5.75 Å². The standard InChI is InChI=1S/C9H9IN4OS/c1-2-16-7-5-3-4-6(8(7)10)14-9(15)11-12-13-14/h3-5H,2H2,1H3,(H,11,13,15). The lowest BCUT2D eigenvalue weighted by Crippen LogP contribution is -2.17. The summed E-state index contributed by atoms with van der Waals surface area (Å²) in [5, 5.41) is 9.49. The molecule has 1 N–H and O–H groups in total. The van der Waals surface area contributed by atoms with Gasteiger partial charge in [0.1, 0.15) is 0 Å². The van der Waals surface area contributed by atoms with Crippen molar-refractivity contribution in [1.82, 2.24) is 20.2 Å². The molecule has 5 nitrogen and oxygen atoms in total. The highest BCUT2D eigenvalue weighted by molar-refractivity contribution is 14.1. The van der Waals surface area contributed by atoms with Crippen LogP contribution in [0.1, 0.15) is 6.92 Å². The minimum Gasteiger partial charge on any atom is -0.244 e. The van der Waals surface area contributed by atoms with Crippen LogP contribution < -0.4 is 5.69 Å². The van der Waals surface area contributed by atoms with Crippen molar-refractivity contribution in [2.24, 2.45) is 0 Å².